The van der Waals surface area contributed by atoms with Crippen LogP contribution >= 0.6 is 0 Å². The number of nitrogens with one attached hydrogen (secondary N) is 3. The highest BCUT2D eigenvalue weighted by molar-refractivity contribution is 5.77. The lowest BCUT2D eigenvalue weighted by Crippen LogP contribution is -2.51. The van der Waals surface area contributed by atoms with Crippen LogP contribution in [0.1, 0.15) is 140 Å². The smallest absolute Gasteiger partial charge is 0.408 e. The van der Waals surface area contributed by atoms with Gasteiger partial charge in [-0.15, -0.1) is 0 Å². The minimum absolute atomic E-state index is 0.0443. The zero-order valence-corrected chi connectivity index (χ0v) is 29.5. The summed E-state index contributed by atoms with van der Waals surface area (Å²) in [6.45, 7) is 21.7. The van der Waals surface area contributed by atoms with E-state index in [1.165, 1.54) is 0 Å². The first-order valence-corrected chi connectivity index (χ1v) is 16.6. The van der Waals surface area contributed by atoms with Crippen molar-refractivity contribution in [2.45, 2.75) is 162 Å². The Hall–Kier alpha value is -2.56. The van der Waals surface area contributed by atoms with E-state index >= 15 is 0 Å². The van der Waals surface area contributed by atoms with Gasteiger partial charge in [-0.25, -0.2) is 9.59 Å². The number of carboxylic acids is 1. The summed E-state index contributed by atoms with van der Waals surface area (Å²) in [6.07, 6.45) is 5.51. The molecule has 0 rings (SSSR count). The van der Waals surface area contributed by atoms with Crippen molar-refractivity contribution in [3.63, 3.8) is 0 Å². The van der Waals surface area contributed by atoms with Crippen molar-refractivity contribution in [1.29, 1.82) is 0 Å². The molecule has 0 aromatic heterocycles. The van der Waals surface area contributed by atoms with Crippen molar-refractivity contribution in [2.75, 3.05) is 26.2 Å². The topological polar surface area (TPSA) is 146 Å². The zero-order valence-electron chi connectivity index (χ0n) is 29.5. The molecule has 0 bridgehead atoms. The van der Waals surface area contributed by atoms with Crippen LogP contribution in [0.2, 0.25) is 0 Å². The Balaban J connectivity index is 5.09. The van der Waals surface area contributed by atoms with Crippen molar-refractivity contribution in [3.05, 3.63) is 0 Å². The molecule has 258 valence electrons. The summed E-state index contributed by atoms with van der Waals surface area (Å²) in [6, 6.07) is 0. The molecule has 44 heavy (non-hydrogen) atoms. The van der Waals surface area contributed by atoms with Crippen LogP contribution in [0, 0.1) is 0 Å². The van der Waals surface area contributed by atoms with Crippen molar-refractivity contribution < 1.29 is 33.8 Å². The van der Waals surface area contributed by atoms with E-state index in [0.717, 1.165) is 45.2 Å². The van der Waals surface area contributed by atoms with E-state index in [2.05, 4.69) is 29.8 Å². The molecule has 0 saturated carbocycles. The number of amides is 3. The third-order valence-corrected chi connectivity index (χ3v) is 8.05. The van der Waals surface area contributed by atoms with E-state index < -0.39 is 34.9 Å². The molecule has 11 nitrogen and oxygen atoms in total. The Morgan fingerprint density at radius 1 is 0.636 bits per heavy atom. The van der Waals surface area contributed by atoms with Crippen LogP contribution in [0.4, 0.5) is 9.59 Å². The molecule has 0 aromatic carbocycles. The molecule has 0 fully saturated rings. The SMILES string of the molecule is CCC(CC)(CCNCCCCN(CCC(CC)(CC)NC(=O)OC(C)(C)C)C(=O)CCCC(=O)O)NC(=O)OC(C)(C)C. The number of carboxylic acid groups (broad SMARTS) is 1. The van der Waals surface area contributed by atoms with Gasteiger partial charge in [-0.1, -0.05) is 27.7 Å². The van der Waals surface area contributed by atoms with Gasteiger partial charge in [0, 0.05) is 37.0 Å². The van der Waals surface area contributed by atoms with Crippen molar-refractivity contribution in [3.8, 4) is 0 Å². The summed E-state index contributed by atoms with van der Waals surface area (Å²) < 4.78 is 11.0. The van der Waals surface area contributed by atoms with Crippen molar-refractivity contribution in [2.24, 2.45) is 0 Å². The second-order valence-corrected chi connectivity index (χ2v) is 13.8. The molecule has 0 heterocycles. The Labute approximate surface area is 266 Å². The van der Waals surface area contributed by atoms with Gasteiger partial charge < -0.3 is 35.4 Å². The lowest BCUT2D eigenvalue weighted by molar-refractivity contribution is -0.137. The Bertz CT molecular complexity index is 872. The van der Waals surface area contributed by atoms with Gasteiger partial charge in [0.1, 0.15) is 11.2 Å². The van der Waals surface area contributed by atoms with Gasteiger partial charge in [-0.05, 0) is 112 Å². The van der Waals surface area contributed by atoms with E-state index in [0.29, 0.717) is 38.8 Å². The van der Waals surface area contributed by atoms with E-state index in [4.69, 9.17) is 14.6 Å². The first-order valence-electron chi connectivity index (χ1n) is 16.6. The maximum atomic E-state index is 13.1. The molecule has 0 unspecified atom stereocenters. The third kappa shape index (κ3) is 18.3. The Kier molecular flexibility index (Phi) is 18.6. The molecule has 4 N–H and O–H groups in total. The van der Waals surface area contributed by atoms with Crippen LogP contribution in [0.15, 0.2) is 0 Å². The third-order valence-electron chi connectivity index (χ3n) is 8.05. The van der Waals surface area contributed by atoms with Crippen LogP contribution in [0.5, 0.6) is 0 Å². The monoisotopic (exact) mass is 628 g/mol. The second kappa shape index (κ2) is 19.7. The molecule has 0 aliphatic heterocycles. The van der Waals surface area contributed by atoms with Gasteiger partial charge in [0.15, 0.2) is 0 Å². The first kappa shape index (κ1) is 41.4. The van der Waals surface area contributed by atoms with Gasteiger partial charge in [0.2, 0.25) is 5.91 Å². The number of nitrogens with zero attached hydrogens (tertiary/aromatic N) is 1. The minimum Gasteiger partial charge on any atom is -0.481 e. The number of hydrogen-bond donors (Lipinski definition) is 4. The van der Waals surface area contributed by atoms with Gasteiger partial charge in [0.25, 0.3) is 0 Å². The van der Waals surface area contributed by atoms with Gasteiger partial charge in [-0.2, -0.15) is 0 Å². The molecule has 11 heteroatoms. The van der Waals surface area contributed by atoms with Gasteiger partial charge in [0.05, 0.1) is 0 Å². The normalized spacial score (nSPS) is 12.4. The summed E-state index contributed by atoms with van der Waals surface area (Å²) in [7, 11) is 0. The number of alkyl carbamates (subject to hydrolysis) is 2. The summed E-state index contributed by atoms with van der Waals surface area (Å²) in [5.74, 6) is -0.981. The molecular formula is C33H64N4O7. The molecular weight excluding hydrogens is 564 g/mol. The molecule has 0 atom stereocenters. The number of ether oxygens (including phenoxy) is 2. The zero-order chi connectivity index (χ0) is 34.0. The van der Waals surface area contributed by atoms with E-state index in [-0.39, 0.29) is 24.3 Å². The largest absolute Gasteiger partial charge is 0.481 e. The van der Waals surface area contributed by atoms with E-state index in [1.807, 2.05) is 60.3 Å². The van der Waals surface area contributed by atoms with Gasteiger partial charge >= 0.3 is 18.2 Å². The summed E-state index contributed by atoms with van der Waals surface area (Å²) in [5.41, 5.74) is -2.01. The van der Waals surface area contributed by atoms with Crippen LogP contribution in [-0.4, -0.2) is 82.5 Å². The van der Waals surface area contributed by atoms with Crippen LogP contribution < -0.4 is 16.0 Å². The lowest BCUT2D eigenvalue weighted by atomic mass is 9.88. The van der Waals surface area contributed by atoms with Crippen LogP contribution in [0.25, 0.3) is 0 Å². The predicted octanol–water partition coefficient (Wildman–Crippen LogP) is 6.39. The fourth-order valence-corrected chi connectivity index (χ4v) is 4.99. The van der Waals surface area contributed by atoms with Crippen molar-refractivity contribution >= 4 is 24.1 Å². The Morgan fingerprint density at radius 3 is 1.55 bits per heavy atom. The fraction of sp³-hybridized carbons (Fsp3) is 0.879. The molecule has 0 aliphatic rings. The fourth-order valence-electron chi connectivity index (χ4n) is 4.99. The van der Waals surface area contributed by atoms with Crippen LogP contribution in [-0.2, 0) is 19.1 Å². The molecule has 3 amide bonds. The van der Waals surface area contributed by atoms with Crippen LogP contribution in [0.3, 0.4) is 0 Å². The number of rotatable bonds is 21. The highest BCUT2D eigenvalue weighted by Crippen LogP contribution is 2.23. The molecule has 0 spiro atoms. The summed E-state index contributed by atoms with van der Waals surface area (Å²) in [5, 5.41) is 18.6. The number of carbonyl (C=O) groups is 4. The highest BCUT2D eigenvalue weighted by atomic mass is 16.6. The highest BCUT2D eigenvalue weighted by Gasteiger charge is 2.32. The number of unbranched alkanes of at least 4 members (excludes halogenated alkanes) is 1. The average molecular weight is 629 g/mol. The number of aliphatic carboxylic acids is 1. The average Bonchev–Trinajstić information content (AvgIpc) is 2.90. The maximum Gasteiger partial charge on any atom is 0.408 e. The standard InChI is InChI=1S/C33H64N4O7/c1-11-32(12-2,35-28(41)43-30(5,6)7)20-23-34-22-15-16-24-37(26(38)18-17-19-27(39)40)25-21-33(13-3,14-4)36-29(42)44-31(8,9)10/h34H,11-25H2,1-10H3,(H,35,41)(H,36,42)(H,39,40). The summed E-state index contributed by atoms with van der Waals surface area (Å²) >= 11 is 0. The predicted molar refractivity (Wildman–Crippen MR) is 175 cm³/mol. The first-order chi connectivity index (χ1) is 20.4. The van der Waals surface area contributed by atoms with Gasteiger partial charge in [-0.3, -0.25) is 9.59 Å². The second-order valence-electron chi connectivity index (χ2n) is 13.8. The quantitative estimate of drug-likeness (QED) is 0.107. The lowest BCUT2D eigenvalue weighted by Gasteiger charge is -2.36. The molecule has 0 radical (unpaired) electrons. The van der Waals surface area contributed by atoms with Crippen molar-refractivity contribution in [1.82, 2.24) is 20.9 Å². The van der Waals surface area contributed by atoms with E-state index in [9.17, 15) is 19.2 Å². The molecule has 0 aromatic rings. The number of carbonyl (C=O) groups excluding carboxylic acids is 3. The maximum absolute atomic E-state index is 13.1. The number of hydrogen-bond acceptors (Lipinski definition) is 7. The Morgan fingerprint density at radius 2 is 1.11 bits per heavy atom. The van der Waals surface area contributed by atoms with E-state index in [1.54, 1.807) is 0 Å². The molecule has 0 saturated heterocycles. The molecule has 0 aliphatic carbocycles. The summed E-state index contributed by atoms with van der Waals surface area (Å²) in [4.78, 5) is 50.9. The minimum atomic E-state index is -0.913.